The van der Waals surface area contributed by atoms with E-state index in [-0.39, 0.29) is 12.5 Å². The molecule has 1 aromatic carbocycles. The Kier molecular flexibility index (Phi) is 3.39. The summed E-state index contributed by atoms with van der Waals surface area (Å²) in [4.78, 5) is 0. The molecular formula is C9H10Cl2O. The maximum atomic E-state index is 8.88. The summed E-state index contributed by atoms with van der Waals surface area (Å²) >= 11 is 11.6. The van der Waals surface area contributed by atoms with E-state index in [1.54, 1.807) is 6.07 Å². The molecule has 12 heavy (non-hydrogen) atoms. The van der Waals surface area contributed by atoms with Gasteiger partial charge in [0.05, 0.1) is 0 Å². The van der Waals surface area contributed by atoms with Crippen molar-refractivity contribution in [2.45, 2.75) is 12.8 Å². The molecule has 0 unspecified atom stereocenters. The van der Waals surface area contributed by atoms with Crippen LogP contribution in [0, 0.1) is 0 Å². The quantitative estimate of drug-likeness (QED) is 0.786. The molecule has 66 valence electrons. The molecule has 1 rings (SSSR count). The van der Waals surface area contributed by atoms with Crippen LogP contribution in [0.4, 0.5) is 0 Å². The first kappa shape index (κ1) is 9.85. The molecule has 0 spiro atoms. The molecule has 0 amide bonds. The van der Waals surface area contributed by atoms with Crippen LogP contribution in [0.5, 0.6) is 0 Å². The van der Waals surface area contributed by atoms with Gasteiger partial charge < -0.3 is 5.11 Å². The number of benzene rings is 1. The van der Waals surface area contributed by atoms with E-state index in [1.807, 2.05) is 19.1 Å². The van der Waals surface area contributed by atoms with E-state index in [4.69, 9.17) is 28.3 Å². The van der Waals surface area contributed by atoms with Crippen LogP contribution in [0.3, 0.4) is 0 Å². The number of hydrogen-bond acceptors (Lipinski definition) is 1. The molecule has 1 aromatic rings. The van der Waals surface area contributed by atoms with Crippen LogP contribution < -0.4 is 0 Å². The van der Waals surface area contributed by atoms with Crippen molar-refractivity contribution in [1.29, 1.82) is 0 Å². The number of aliphatic hydroxyl groups is 1. The van der Waals surface area contributed by atoms with Crippen LogP contribution in [0.2, 0.25) is 10.0 Å². The monoisotopic (exact) mass is 204 g/mol. The van der Waals surface area contributed by atoms with E-state index in [0.717, 1.165) is 5.56 Å². The average Bonchev–Trinajstić information content (AvgIpc) is 2.01. The summed E-state index contributed by atoms with van der Waals surface area (Å²) in [5.74, 6) is 0.0844. The first-order chi connectivity index (χ1) is 5.63. The molecule has 0 radical (unpaired) electrons. The third-order valence-corrected chi connectivity index (χ3v) is 2.16. The van der Waals surface area contributed by atoms with Gasteiger partial charge in [-0.15, -0.1) is 0 Å². The predicted molar refractivity (Wildman–Crippen MR) is 52.0 cm³/mol. The third-order valence-electron chi connectivity index (χ3n) is 1.73. The van der Waals surface area contributed by atoms with E-state index >= 15 is 0 Å². The first-order valence-electron chi connectivity index (χ1n) is 3.70. The Labute approximate surface area is 81.9 Å². The zero-order valence-electron chi connectivity index (χ0n) is 6.72. The molecule has 1 atom stereocenters. The maximum Gasteiger partial charge on any atom is 0.0497 e. The normalized spacial score (nSPS) is 13.0. The van der Waals surface area contributed by atoms with Crippen molar-refractivity contribution < 1.29 is 5.11 Å². The van der Waals surface area contributed by atoms with E-state index < -0.39 is 0 Å². The highest BCUT2D eigenvalue weighted by molar-refractivity contribution is 6.34. The lowest BCUT2D eigenvalue weighted by molar-refractivity contribution is 0.273. The summed E-state index contributed by atoms with van der Waals surface area (Å²) in [5.41, 5.74) is 0.968. The molecule has 0 fully saturated rings. The summed E-state index contributed by atoms with van der Waals surface area (Å²) < 4.78 is 0. The van der Waals surface area contributed by atoms with Gasteiger partial charge in [0.15, 0.2) is 0 Å². The zero-order valence-corrected chi connectivity index (χ0v) is 8.23. The van der Waals surface area contributed by atoms with Crippen LogP contribution in [0.15, 0.2) is 18.2 Å². The number of halogens is 2. The molecule has 1 N–H and O–H groups in total. The highest BCUT2D eigenvalue weighted by atomic mass is 35.5. The minimum atomic E-state index is 0.0844. The molecule has 0 saturated carbocycles. The second-order valence-electron chi connectivity index (χ2n) is 2.79. The van der Waals surface area contributed by atoms with E-state index in [1.165, 1.54) is 0 Å². The van der Waals surface area contributed by atoms with Crippen molar-refractivity contribution in [3.8, 4) is 0 Å². The Balaban J connectivity index is 3.00. The Morgan fingerprint density at radius 1 is 1.25 bits per heavy atom. The summed E-state index contributed by atoms with van der Waals surface area (Å²) in [6.07, 6.45) is 0. The fourth-order valence-corrected chi connectivity index (χ4v) is 1.51. The fourth-order valence-electron chi connectivity index (χ4n) is 0.965. The zero-order chi connectivity index (χ0) is 9.14. The standard InChI is InChI=1S/C9H10Cl2O/c1-6(5-12)7-2-8(10)4-9(11)3-7/h2-4,6,12H,5H2,1H3/t6-/m0/s1. The lowest BCUT2D eigenvalue weighted by Gasteiger charge is -2.08. The Hall–Kier alpha value is -0.240. The van der Waals surface area contributed by atoms with Gasteiger partial charge in [0.2, 0.25) is 0 Å². The molecule has 0 aliphatic heterocycles. The van der Waals surface area contributed by atoms with Gasteiger partial charge in [0, 0.05) is 22.6 Å². The molecule has 0 aliphatic carbocycles. The SMILES string of the molecule is C[C@@H](CO)c1cc(Cl)cc(Cl)c1. The van der Waals surface area contributed by atoms with Gasteiger partial charge in [-0.05, 0) is 23.8 Å². The van der Waals surface area contributed by atoms with Crippen LogP contribution in [0.25, 0.3) is 0 Å². The highest BCUT2D eigenvalue weighted by Crippen LogP contribution is 2.23. The second kappa shape index (κ2) is 4.13. The Bertz CT molecular complexity index is 253. The molecular weight excluding hydrogens is 195 g/mol. The van der Waals surface area contributed by atoms with Gasteiger partial charge in [0.25, 0.3) is 0 Å². The van der Waals surface area contributed by atoms with E-state index in [2.05, 4.69) is 0 Å². The number of hydrogen-bond donors (Lipinski definition) is 1. The van der Waals surface area contributed by atoms with Crippen molar-refractivity contribution in [3.63, 3.8) is 0 Å². The average molecular weight is 205 g/mol. The summed E-state index contributed by atoms with van der Waals surface area (Å²) in [7, 11) is 0. The third kappa shape index (κ3) is 2.37. The van der Waals surface area contributed by atoms with Crippen molar-refractivity contribution in [2.24, 2.45) is 0 Å². The van der Waals surface area contributed by atoms with E-state index in [9.17, 15) is 0 Å². The molecule has 0 heterocycles. The summed E-state index contributed by atoms with van der Waals surface area (Å²) in [6, 6.07) is 5.30. The Morgan fingerprint density at radius 3 is 2.17 bits per heavy atom. The van der Waals surface area contributed by atoms with Gasteiger partial charge in [-0.3, -0.25) is 0 Å². The van der Waals surface area contributed by atoms with Gasteiger partial charge in [-0.2, -0.15) is 0 Å². The molecule has 0 aromatic heterocycles. The van der Waals surface area contributed by atoms with E-state index in [0.29, 0.717) is 10.0 Å². The van der Waals surface area contributed by atoms with Crippen molar-refractivity contribution >= 4 is 23.2 Å². The maximum absolute atomic E-state index is 8.88. The molecule has 0 bridgehead atoms. The number of rotatable bonds is 2. The van der Waals surface area contributed by atoms with Crippen LogP contribution >= 0.6 is 23.2 Å². The fraction of sp³-hybridized carbons (Fsp3) is 0.333. The molecule has 3 heteroatoms. The minimum Gasteiger partial charge on any atom is -0.396 e. The largest absolute Gasteiger partial charge is 0.396 e. The second-order valence-corrected chi connectivity index (χ2v) is 3.66. The van der Waals surface area contributed by atoms with Crippen molar-refractivity contribution in [3.05, 3.63) is 33.8 Å². The van der Waals surface area contributed by atoms with Gasteiger partial charge in [-0.25, -0.2) is 0 Å². The summed E-state index contributed by atoms with van der Waals surface area (Å²) in [5, 5.41) is 10.1. The predicted octanol–water partition coefficient (Wildman–Crippen LogP) is 3.09. The lowest BCUT2D eigenvalue weighted by atomic mass is 10.0. The smallest absolute Gasteiger partial charge is 0.0497 e. The summed E-state index contributed by atoms with van der Waals surface area (Å²) in [6.45, 7) is 2.03. The Morgan fingerprint density at radius 2 is 1.75 bits per heavy atom. The van der Waals surface area contributed by atoms with Gasteiger partial charge in [0.1, 0.15) is 0 Å². The van der Waals surface area contributed by atoms with Crippen molar-refractivity contribution in [1.82, 2.24) is 0 Å². The molecule has 1 nitrogen and oxygen atoms in total. The molecule has 0 aliphatic rings. The number of aliphatic hydroxyl groups excluding tert-OH is 1. The van der Waals surface area contributed by atoms with Crippen LogP contribution in [-0.4, -0.2) is 11.7 Å². The lowest BCUT2D eigenvalue weighted by Crippen LogP contribution is -1.98. The molecule has 0 saturated heterocycles. The van der Waals surface area contributed by atoms with Gasteiger partial charge in [-0.1, -0.05) is 30.1 Å². The first-order valence-corrected chi connectivity index (χ1v) is 4.46. The van der Waals surface area contributed by atoms with Crippen LogP contribution in [-0.2, 0) is 0 Å². The van der Waals surface area contributed by atoms with Crippen LogP contribution in [0.1, 0.15) is 18.4 Å². The highest BCUT2D eigenvalue weighted by Gasteiger charge is 2.05. The van der Waals surface area contributed by atoms with Gasteiger partial charge >= 0.3 is 0 Å². The minimum absolute atomic E-state index is 0.0844. The van der Waals surface area contributed by atoms with Crippen molar-refractivity contribution in [2.75, 3.05) is 6.61 Å². The topological polar surface area (TPSA) is 20.2 Å².